The number of allylic oxidation sites excluding steroid dienone is 1. The molecule has 5 nitrogen and oxygen atoms in total. The molecule has 5 heteroatoms. The lowest BCUT2D eigenvalue weighted by Gasteiger charge is -2.07. The van der Waals surface area contributed by atoms with Crippen molar-refractivity contribution in [3.05, 3.63) is 48.3 Å². The highest BCUT2D eigenvalue weighted by atomic mass is 16.5. The minimum atomic E-state index is -0.209. The maximum Gasteiger partial charge on any atom is 0.270 e. The molecule has 0 saturated heterocycles. The monoisotopic (exact) mass is 258 g/mol. The van der Waals surface area contributed by atoms with Gasteiger partial charge in [-0.05, 0) is 29.8 Å². The molecule has 0 bridgehead atoms. The second-order valence-electron chi connectivity index (χ2n) is 3.74. The Labute approximate surface area is 111 Å². The first-order chi connectivity index (χ1) is 9.24. The summed E-state index contributed by atoms with van der Waals surface area (Å²) in [4.78, 5) is 11.7. The van der Waals surface area contributed by atoms with Crippen LogP contribution in [-0.4, -0.2) is 29.9 Å². The molecule has 1 aromatic carbocycles. The van der Waals surface area contributed by atoms with E-state index < -0.39 is 0 Å². The van der Waals surface area contributed by atoms with Crippen molar-refractivity contribution in [1.82, 2.24) is 9.78 Å². The Kier molecular flexibility index (Phi) is 3.97. The minimum absolute atomic E-state index is 0.209. The molecule has 0 aliphatic heterocycles. The molecule has 2 rings (SSSR count). The number of aromatic nitrogens is 2. The molecule has 0 spiro atoms. The lowest BCUT2D eigenvalue weighted by molar-refractivity contribution is 0.0955. The van der Waals surface area contributed by atoms with Crippen LogP contribution in [0.25, 0.3) is 6.08 Å². The van der Waals surface area contributed by atoms with E-state index in [0.717, 1.165) is 5.56 Å². The van der Waals surface area contributed by atoms with Gasteiger partial charge in [0.25, 0.3) is 5.91 Å². The molecule has 0 saturated carbocycles. The van der Waals surface area contributed by atoms with Crippen molar-refractivity contribution in [1.29, 1.82) is 0 Å². The molecule has 0 aliphatic carbocycles. The Morgan fingerprint density at radius 1 is 1.26 bits per heavy atom. The van der Waals surface area contributed by atoms with Gasteiger partial charge in [-0.25, -0.2) is 4.68 Å². The fraction of sp³-hybridized carbons (Fsp3) is 0.143. The third-order valence-corrected chi connectivity index (χ3v) is 2.56. The van der Waals surface area contributed by atoms with Crippen LogP contribution >= 0.6 is 0 Å². The highest BCUT2D eigenvalue weighted by molar-refractivity contribution is 5.93. The quantitative estimate of drug-likeness (QED) is 0.789. The zero-order valence-corrected chi connectivity index (χ0v) is 10.7. The summed E-state index contributed by atoms with van der Waals surface area (Å²) in [5.74, 6) is 1.06. The van der Waals surface area contributed by atoms with Crippen LogP contribution < -0.4 is 9.47 Å². The summed E-state index contributed by atoms with van der Waals surface area (Å²) < 4.78 is 11.6. The van der Waals surface area contributed by atoms with Crippen molar-refractivity contribution < 1.29 is 14.3 Å². The lowest BCUT2D eigenvalue weighted by Crippen LogP contribution is -2.06. The number of rotatable bonds is 4. The standard InChI is InChI=1S/C14H14N2O3/c1-18-12-6-4-11(10-13(12)19-2)5-7-14(17)16-9-3-8-15-16/h3-10H,1-2H3/b7-5+. The van der Waals surface area contributed by atoms with Crippen molar-refractivity contribution >= 4 is 12.0 Å². The Balaban J connectivity index is 2.17. The molecule has 0 unspecified atom stereocenters. The van der Waals surface area contributed by atoms with Crippen LogP contribution in [0.4, 0.5) is 0 Å². The van der Waals surface area contributed by atoms with Gasteiger partial charge in [-0.3, -0.25) is 4.79 Å². The van der Waals surface area contributed by atoms with E-state index in [0.29, 0.717) is 11.5 Å². The Morgan fingerprint density at radius 2 is 2.05 bits per heavy atom. The smallest absolute Gasteiger partial charge is 0.270 e. The summed E-state index contributed by atoms with van der Waals surface area (Å²) in [5, 5.41) is 3.86. The van der Waals surface area contributed by atoms with Crippen molar-refractivity contribution in [3.63, 3.8) is 0 Å². The number of methoxy groups -OCH3 is 2. The highest BCUT2D eigenvalue weighted by Gasteiger charge is 2.03. The third-order valence-electron chi connectivity index (χ3n) is 2.56. The van der Waals surface area contributed by atoms with Gasteiger partial charge in [0.1, 0.15) is 0 Å². The van der Waals surface area contributed by atoms with E-state index in [1.807, 2.05) is 6.07 Å². The molecule has 19 heavy (non-hydrogen) atoms. The van der Waals surface area contributed by atoms with Crippen LogP contribution in [-0.2, 0) is 0 Å². The molecule has 98 valence electrons. The zero-order valence-electron chi connectivity index (χ0n) is 10.7. The summed E-state index contributed by atoms with van der Waals surface area (Å²) in [5.41, 5.74) is 0.846. The van der Waals surface area contributed by atoms with E-state index in [1.165, 1.54) is 10.8 Å². The van der Waals surface area contributed by atoms with Gasteiger partial charge < -0.3 is 9.47 Å². The van der Waals surface area contributed by atoms with Crippen LogP contribution in [0.3, 0.4) is 0 Å². The van der Waals surface area contributed by atoms with E-state index >= 15 is 0 Å². The summed E-state index contributed by atoms with van der Waals surface area (Å²) in [7, 11) is 3.15. The fourth-order valence-corrected chi connectivity index (χ4v) is 1.60. The molecule has 0 N–H and O–H groups in total. The van der Waals surface area contributed by atoms with Crippen molar-refractivity contribution in [2.45, 2.75) is 0 Å². The SMILES string of the molecule is COc1ccc(/C=C/C(=O)n2cccn2)cc1OC. The number of hydrogen-bond acceptors (Lipinski definition) is 4. The van der Waals surface area contributed by atoms with Gasteiger partial charge in [-0.1, -0.05) is 6.07 Å². The number of hydrogen-bond donors (Lipinski definition) is 0. The lowest BCUT2D eigenvalue weighted by atomic mass is 10.2. The molecule has 0 atom stereocenters. The highest BCUT2D eigenvalue weighted by Crippen LogP contribution is 2.27. The van der Waals surface area contributed by atoms with E-state index in [9.17, 15) is 4.79 Å². The first-order valence-corrected chi connectivity index (χ1v) is 5.68. The third kappa shape index (κ3) is 3.01. The first-order valence-electron chi connectivity index (χ1n) is 5.68. The number of benzene rings is 1. The van der Waals surface area contributed by atoms with E-state index in [1.54, 1.807) is 50.9 Å². The predicted molar refractivity (Wildman–Crippen MR) is 71.4 cm³/mol. The largest absolute Gasteiger partial charge is 0.493 e. The van der Waals surface area contributed by atoms with Gasteiger partial charge in [0.05, 0.1) is 14.2 Å². The van der Waals surface area contributed by atoms with Crippen LogP contribution in [0.1, 0.15) is 10.4 Å². The van der Waals surface area contributed by atoms with Gasteiger partial charge in [0, 0.05) is 18.5 Å². The fourth-order valence-electron chi connectivity index (χ4n) is 1.60. The molecule has 2 aromatic rings. The van der Waals surface area contributed by atoms with Crippen molar-refractivity contribution in [2.75, 3.05) is 14.2 Å². The molecular formula is C14H14N2O3. The van der Waals surface area contributed by atoms with E-state index in [2.05, 4.69) is 5.10 Å². The minimum Gasteiger partial charge on any atom is -0.493 e. The molecule has 1 heterocycles. The molecule has 0 radical (unpaired) electrons. The van der Waals surface area contributed by atoms with E-state index in [4.69, 9.17) is 9.47 Å². The summed E-state index contributed by atoms with van der Waals surface area (Å²) >= 11 is 0. The Morgan fingerprint density at radius 3 is 2.68 bits per heavy atom. The van der Waals surface area contributed by atoms with Gasteiger partial charge in [-0.2, -0.15) is 5.10 Å². The van der Waals surface area contributed by atoms with Crippen LogP contribution in [0, 0.1) is 0 Å². The van der Waals surface area contributed by atoms with E-state index in [-0.39, 0.29) is 5.91 Å². The number of carbonyl (C=O) groups is 1. The maximum atomic E-state index is 11.7. The predicted octanol–water partition coefficient (Wildman–Crippen LogP) is 2.25. The summed E-state index contributed by atoms with van der Waals surface area (Å²) in [6.07, 6.45) is 6.31. The second-order valence-corrected chi connectivity index (χ2v) is 3.74. The summed E-state index contributed by atoms with van der Waals surface area (Å²) in [6, 6.07) is 7.12. The Hall–Kier alpha value is -2.56. The normalized spacial score (nSPS) is 10.6. The number of nitrogens with zero attached hydrogens (tertiary/aromatic N) is 2. The molecule has 0 fully saturated rings. The van der Waals surface area contributed by atoms with Gasteiger partial charge in [-0.15, -0.1) is 0 Å². The van der Waals surface area contributed by atoms with Crippen LogP contribution in [0.2, 0.25) is 0 Å². The van der Waals surface area contributed by atoms with Crippen LogP contribution in [0.5, 0.6) is 11.5 Å². The Bertz CT molecular complexity index is 589. The average Bonchev–Trinajstić information content (AvgIpc) is 2.98. The number of ether oxygens (including phenoxy) is 2. The topological polar surface area (TPSA) is 53.4 Å². The number of carbonyl (C=O) groups excluding carboxylic acids is 1. The average molecular weight is 258 g/mol. The van der Waals surface area contributed by atoms with Gasteiger partial charge >= 0.3 is 0 Å². The van der Waals surface area contributed by atoms with Crippen molar-refractivity contribution in [3.8, 4) is 11.5 Å². The molecule has 0 amide bonds. The molecule has 0 aliphatic rings. The van der Waals surface area contributed by atoms with Gasteiger partial charge in [0.15, 0.2) is 11.5 Å². The second kappa shape index (κ2) is 5.86. The van der Waals surface area contributed by atoms with Crippen LogP contribution in [0.15, 0.2) is 42.7 Å². The molecule has 1 aromatic heterocycles. The summed E-state index contributed by atoms with van der Waals surface area (Å²) in [6.45, 7) is 0. The van der Waals surface area contributed by atoms with Crippen molar-refractivity contribution in [2.24, 2.45) is 0 Å². The zero-order chi connectivity index (χ0) is 13.7. The first kappa shape index (κ1) is 12.9. The van der Waals surface area contributed by atoms with Gasteiger partial charge in [0.2, 0.25) is 0 Å². The maximum absolute atomic E-state index is 11.7. The molecular weight excluding hydrogens is 244 g/mol.